The van der Waals surface area contributed by atoms with Gasteiger partial charge in [-0.3, -0.25) is 4.90 Å². The minimum absolute atomic E-state index is 0.177. The molecule has 3 aromatic rings. The van der Waals surface area contributed by atoms with Crippen molar-refractivity contribution in [3.63, 3.8) is 0 Å². The van der Waals surface area contributed by atoms with Gasteiger partial charge in [0, 0.05) is 17.9 Å². The standard InChI is InChI=1S/C20H27N5S/c1-14-11-15(2)25-18(21-14)22-19(26)24(25)13-23(6)12-16-7-9-17(10-8-16)20(3,4)5/h7-11H,12-13H2,1-6H3. The summed E-state index contributed by atoms with van der Waals surface area (Å²) in [5.74, 6) is 0.662. The molecule has 1 aromatic carbocycles. The maximum atomic E-state index is 5.46. The summed E-state index contributed by atoms with van der Waals surface area (Å²) in [6, 6.07) is 10.9. The van der Waals surface area contributed by atoms with Crippen molar-refractivity contribution in [2.75, 3.05) is 7.05 Å². The van der Waals surface area contributed by atoms with Gasteiger partial charge in [0.05, 0.1) is 6.67 Å². The Bertz CT molecular complexity index is 976. The van der Waals surface area contributed by atoms with E-state index in [4.69, 9.17) is 12.2 Å². The molecule has 2 aromatic heterocycles. The van der Waals surface area contributed by atoms with Crippen molar-refractivity contribution in [2.45, 2.75) is 53.2 Å². The molecule has 0 aliphatic carbocycles. The lowest BCUT2D eigenvalue weighted by atomic mass is 9.87. The Morgan fingerprint density at radius 3 is 2.35 bits per heavy atom. The summed E-state index contributed by atoms with van der Waals surface area (Å²) < 4.78 is 4.55. The van der Waals surface area contributed by atoms with E-state index in [1.165, 1.54) is 11.1 Å². The highest BCUT2D eigenvalue weighted by Gasteiger charge is 2.14. The number of aromatic nitrogens is 4. The third kappa shape index (κ3) is 3.86. The maximum absolute atomic E-state index is 5.46. The maximum Gasteiger partial charge on any atom is 0.252 e. The largest absolute Gasteiger partial charge is 0.283 e. The minimum Gasteiger partial charge on any atom is -0.283 e. The number of nitrogens with zero attached hydrogens (tertiary/aromatic N) is 5. The van der Waals surface area contributed by atoms with Gasteiger partial charge in [-0.15, -0.1) is 0 Å². The van der Waals surface area contributed by atoms with Crippen molar-refractivity contribution < 1.29 is 0 Å². The Balaban J connectivity index is 1.80. The molecular weight excluding hydrogens is 342 g/mol. The predicted octanol–water partition coefficient (Wildman–Crippen LogP) is 4.26. The van der Waals surface area contributed by atoms with E-state index in [1.54, 1.807) is 0 Å². The molecular formula is C20H27N5S. The van der Waals surface area contributed by atoms with Crippen LogP contribution >= 0.6 is 12.2 Å². The Labute approximate surface area is 160 Å². The third-order valence-corrected chi connectivity index (χ3v) is 4.83. The van der Waals surface area contributed by atoms with Gasteiger partial charge < -0.3 is 0 Å². The van der Waals surface area contributed by atoms with E-state index in [2.05, 4.69) is 73.9 Å². The van der Waals surface area contributed by atoms with Gasteiger partial charge in [-0.1, -0.05) is 45.0 Å². The molecule has 0 saturated carbocycles. The van der Waals surface area contributed by atoms with Gasteiger partial charge in [0.25, 0.3) is 5.78 Å². The average Bonchev–Trinajstić information content (AvgIpc) is 2.82. The lowest BCUT2D eigenvalue weighted by molar-refractivity contribution is 0.238. The lowest BCUT2D eigenvalue weighted by Gasteiger charge is -2.21. The van der Waals surface area contributed by atoms with Gasteiger partial charge in [-0.05, 0) is 55.7 Å². The first-order chi connectivity index (χ1) is 12.1. The van der Waals surface area contributed by atoms with Crippen LogP contribution in [0.15, 0.2) is 30.3 Å². The Kier molecular flexibility index (Phi) is 4.99. The first-order valence-corrected chi connectivity index (χ1v) is 9.28. The van der Waals surface area contributed by atoms with E-state index < -0.39 is 0 Å². The molecule has 0 fully saturated rings. The van der Waals surface area contributed by atoms with Crippen LogP contribution in [0.4, 0.5) is 0 Å². The molecule has 5 nitrogen and oxygen atoms in total. The fraction of sp³-hybridized carbons (Fsp3) is 0.450. The fourth-order valence-corrected chi connectivity index (χ4v) is 3.40. The molecule has 0 radical (unpaired) electrons. The molecule has 6 heteroatoms. The van der Waals surface area contributed by atoms with Gasteiger partial charge in [-0.25, -0.2) is 14.2 Å². The summed E-state index contributed by atoms with van der Waals surface area (Å²) in [7, 11) is 2.09. The van der Waals surface area contributed by atoms with E-state index in [1.807, 2.05) is 22.2 Å². The quantitative estimate of drug-likeness (QED) is 0.644. The van der Waals surface area contributed by atoms with Gasteiger partial charge in [0.2, 0.25) is 4.77 Å². The second-order valence-corrected chi connectivity index (χ2v) is 8.41. The number of benzene rings is 1. The number of aryl methyl sites for hydroxylation is 2. The molecule has 0 atom stereocenters. The molecule has 2 heterocycles. The van der Waals surface area contributed by atoms with Crippen LogP contribution in [-0.2, 0) is 18.6 Å². The highest BCUT2D eigenvalue weighted by Crippen LogP contribution is 2.22. The summed E-state index contributed by atoms with van der Waals surface area (Å²) in [6.45, 7) is 12.2. The van der Waals surface area contributed by atoms with Crippen LogP contribution in [0.25, 0.3) is 5.78 Å². The summed E-state index contributed by atoms with van der Waals surface area (Å²) in [4.78, 5) is 11.2. The van der Waals surface area contributed by atoms with Gasteiger partial charge in [-0.2, -0.15) is 4.98 Å². The molecule has 0 amide bonds. The van der Waals surface area contributed by atoms with Gasteiger partial charge in [0.1, 0.15) is 0 Å². The molecule has 3 rings (SSSR count). The van der Waals surface area contributed by atoms with Gasteiger partial charge in [0.15, 0.2) is 0 Å². The first-order valence-electron chi connectivity index (χ1n) is 8.87. The van der Waals surface area contributed by atoms with E-state index in [0.717, 1.165) is 17.9 Å². The zero-order valence-corrected chi connectivity index (χ0v) is 17.3. The van der Waals surface area contributed by atoms with Crippen LogP contribution in [-0.4, -0.2) is 31.1 Å². The van der Waals surface area contributed by atoms with Crippen molar-refractivity contribution in [2.24, 2.45) is 0 Å². The van der Waals surface area contributed by atoms with E-state index in [-0.39, 0.29) is 5.41 Å². The van der Waals surface area contributed by atoms with Crippen LogP contribution < -0.4 is 0 Å². The van der Waals surface area contributed by atoms with Gasteiger partial charge >= 0.3 is 0 Å². The predicted molar refractivity (Wildman–Crippen MR) is 108 cm³/mol. The minimum atomic E-state index is 0.177. The molecule has 0 aliphatic rings. The molecule has 0 N–H and O–H groups in total. The zero-order valence-electron chi connectivity index (χ0n) is 16.4. The molecule has 0 aliphatic heterocycles. The van der Waals surface area contributed by atoms with Crippen LogP contribution in [0.3, 0.4) is 0 Å². The van der Waals surface area contributed by atoms with Crippen LogP contribution in [0.1, 0.15) is 43.3 Å². The molecule has 0 bridgehead atoms. The smallest absolute Gasteiger partial charge is 0.252 e. The molecule has 0 unspecified atom stereocenters. The van der Waals surface area contributed by atoms with Crippen molar-refractivity contribution in [1.82, 2.24) is 24.1 Å². The van der Waals surface area contributed by atoms with Crippen LogP contribution in [0.2, 0.25) is 0 Å². The van der Waals surface area contributed by atoms with Crippen LogP contribution in [0.5, 0.6) is 0 Å². The topological polar surface area (TPSA) is 38.4 Å². The first kappa shape index (κ1) is 18.7. The molecule has 138 valence electrons. The monoisotopic (exact) mass is 369 g/mol. The normalized spacial score (nSPS) is 12.3. The fourth-order valence-electron chi connectivity index (χ4n) is 3.18. The second-order valence-electron chi connectivity index (χ2n) is 8.05. The number of hydrogen-bond acceptors (Lipinski definition) is 4. The number of hydrogen-bond donors (Lipinski definition) is 0. The Hall–Kier alpha value is -2.05. The molecule has 26 heavy (non-hydrogen) atoms. The van der Waals surface area contributed by atoms with Crippen molar-refractivity contribution in [1.29, 1.82) is 0 Å². The van der Waals surface area contributed by atoms with Crippen molar-refractivity contribution >= 4 is 18.0 Å². The van der Waals surface area contributed by atoms with Crippen molar-refractivity contribution in [3.8, 4) is 0 Å². The Morgan fingerprint density at radius 2 is 1.73 bits per heavy atom. The molecule has 0 spiro atoms. The molecule has 0 saturated heterocycles. The summed E-state index contributed by atoms with van der Waals surface area (Å²) in [5, 5.41) is 0. The van der Waals surface area contributed by atoms with E-state index >= 15 is 0 Å². The Morgan fingerprint density at radius 1 is 1.08 bits per heavy atom. The third-order valence-electron chi connectivity index (χ3n) is 4.52. The number of fused-ring (bicyclic) bond motifs is 1. The highest BCUT2D eigenvalue weighted by atomic mass is 32.1. The van der Waals surface area contributed by atoms with Crippen LogP contribution in [0, 0.1) is 18.6 Å². The summed E-state index contributed by atoms with van der Waals surface area (Å²) in [6.07, 6.45) is 0. The van der Waals surface area contributed by atoms with Crippen molar-refractivity contribution in [3.05, 3.63) is 57.6 Å². The zero-order chi connectivity index (χ0) is 19.1. The SMILES string of the molecule is Cc1cc(C)n2c(n1)nc(=S)n2CN(C)Cc1ccc(C(C)(C)C)cc1. The average molecular weight is 370 g/mol. The second kappa shape index (κ2) is 6.93. The lowest BCUT2D eigenvalue weighted by Crippen LogP contribution is -2.25. The summed E-state index contributed by atoms with van der Waals surface area (Å²) >= 11 is 5.46. The highest BCUT2D eigenvalue weighted by molar-refractivity contribution is 7.71. The summed E-state index contributed by atoms with van der Waals surface area (Å²) in [5.41, 5.74) is 4.85. The van der Waals surface area contributed by atoms with E-state index in [9.17, 15) is 0 Å². The van der Waals surface area contributed by atoms with E-state index in [0.29, 0.717) is 17.2 Å². The number of rotatable bonds is 4.